The van der Waals surface area contributed by atoms with Crippen molar-refractivity contribution < 1.29 is 14.6 Å². The molecule has 0 spiro atoms. The molecule has 42 heavy (non-hydrogen) atoms. The zero-order valence-electron chi connectivity index (χ0n) is 27.8. The van der Waals surface area contributed by atoms with Gasteiger partial charge in [0.1, 0.15) is 6.61 Å². The van der Waals surface area contributed by atoms with Crippen molar-refractivity contribution in [2.75, 3.05) is 26.2 Å². The maximum absolute atomic E-state index is 14.2. The number of carbonyl (C=O) groups is 1. The summed E-state index contributed by atoms with van der Waals surface area (Å²) < 4.78 is 6.25. The molecule has 1 aliphatic heterocycles. The van der Waals surface area contributed by atoms with Crippen LogP contribution in [-0.2, 0) is 9.53 Å². The van der Waals surface area contributed by atoms with Crippen LogP contribution in [0.2, 0.25) is 0 Å². The smallest absolute Gasteiger partial charge is 0.312 e. The number of carbonyl (C=O) groups excluding carboxylic acids is 1. The quantitative estimate of drug-likeness (QED) is 0.253. The van der Waals surface area contributed by atoms with Crippen molar-refractivity contribution >= 4 is 18.4 Å². The highest BCUT2D eigenvalue weighted by atomic mass is 35.5. The molecule has 6 aliphatic rings. The Kier molecular flexibility index (Phi) is 8.86. The maximum Gasteiger partial charge on any atom is 0.312 e. The summed E-state index contributed by atoms with van der Waals surface area (Å²) in [6, 6.07) is 0. The minimum absolute atomic E-state index is 0. The number of ether oxygens (including phenoxy) is 1. The molecular formula is C37H62ClNO3. The molecule has 240 valence electrons. The van der Waals surface area contributed by atoms with E-state index in [1.54, 1.807) is 0 Å². The summed E-state index contributed by atoms with van der Waals surface area (Å²) in [5, 5.41) is 11.0. The fourth-order valence-corrected chi connectivity index (χ4v) is 13.1. The lowest BCUT2D eigenvalue weighted by molar-refractivity contribution is -0.248. The summed E-state index contributed by atoms with van der Waals surface area (Å²) in [4.78, 5) is 16.7. The van der Waals surface area contributed by atoms with E-state index < -0.39 is 0 Å². The van der Waals surface area contributed by atoms with Crippen molar-refractivity contribution in [3.05, 3.63) is 12.2 Å². The Bertz CT molecular complexity index is 1040. The first-order chi connectivity index (χ1) is 19.3. The van der Waals surface area contributed by atoms with Crippen LogP contribution in [0.15, 0.2) is 12.2 Å². The van der Waals surface area contributed by atoms with Gasteiger partial charge in [-0.05, 0) is 148 Å². The second-order valence-corrected chi connectivity index (χ2v) is 17.3. The second kappa shape index (κ2) is 11.3. The van der Waals surface area contributed by atoms with Crippen molar-refractivity contribution in [1.82, 2.24) is 4.90 Å². The largest absolute Gasteiger partial charge is 0.464 e. The number of fused-ring (bicyclic) bond motifs is 7. The number of hydrogen-bond donors (Lipinski definition) is 1. The lowest BCUT2D eigenvalue weighted by atomic mass is 9.32. The third kappa shape index (κ3) is 4.60. The zero-order valence-corrected chi connectivity index (χ0v) is 28.6. The summed E-state index contributed by atoms with van der Waals surface area (Å²) in [6.45, 7) is 23.1. The van der Waals surface area contributed by atoms with Crippen molar-refractivity contribution in [3.8, 4) is 0 Å². The van der Waals surface area contributed by atoms with E-state index in [1.165, 1.54) is 50.5 Å². The molecule has 5 aliphatic carbocycles. The third-order valence-corrected chi connectivity index (χ3v) is 15.5. The van der Waals surface area contributed by atoms with E-state index in [0.29, 0.717) is 36.2 Å². The molecule has 1 saturated heterocycles. The average molecular weight is 604 g/mol. The first-order valence-corrected chi connectivity index (χ1v) is 17.5. The minimum Gasteiger partial charge on any atom is -0.464 e. The SMILES string of the molecule is C=C(C)[C@@H]1CC[C@]2(C(=O)OCCN3CCCCC3)CC[C@]3(C)[C@H](CC[C@@H]4[C@@]5(C)CC[C@H](O)C(C)(C)[C@@H]5CC[C@]43C)[C@@H]12.Cl. The summed E-state index contributed by atoms with van der Waals surface area (Å²) in [6.07, 6.45) is 15.0. The fourth-order valence-electron chi connectivity index (χ4n) is 13.1. The summed E-state index contributed by atoms with van der Waals surface area (Å²) in [5.74, 6) is 2.76. The van der Waals surface area contributed by atoms with Crippen LogP contribution in [0.5, 0.6) is 0 Å². The number of nitrogens with zero attached hydrogens (tertiary/aromatic N) is 1. The van der Waals surface area contributed by atoms with Crippen molar-refractivity contribution in [3.63, 3.8) is 0 Å². The van der Waals surface area contributed by atoms with Gasteiger partial charge >= 0.3 is 5.97 Å². The predicted molar refractivity (Wildman–Crippen MR) is 173 cm³/mol. The monoisotopic (exact) mass is 603 g/mol. The number of halogens is 1. The molecule has 5 heteroatoms. The highest BCUT2D eigenvalue weighted by molar-refractivity contribution is 5.85. The molecule has 0 aromatic heterocycles. The van der Waals surface area contributed by atoms with Gasteiger partial charge in [-0.1, -0.05) is 53.2 Å². The summed E-state index contributed by atoms with van der Waals surface area (Å²) in [5.41, 5.74) is 1.73. The lowest BCUT2D eigenvalue weighted by Crippen LogP contribution is -2.67. The normalized spacial score (nSPS) is 48.1. The highest BCUT2D eigenvalue weighted by Gasteiger charge is 2.72. The molecule has 1 heterocycles. The molecule has 0 radical (unpaired) electrons. The molecule has 5 saturated carbocycles. The third-order valence-electron chi connectivity index (χ3n) is 15.5. The Hall–Kier alpha value is -0.580. The summed E-state index contributed by atoms with van der Waals surface area (Å²) in [7, 11) is 0. The number of aliphatic hydroxyl groups excluding tert-OH is 1. The number of rotatable bonds is 5. The fraction of sp³-hybridized carbons (Fsp3) is 0.919. The van der Waals surface area contributed by atoms with Crippen LogP contribution in [-0.4, -0.2) is 48.3 Å². The van der Waals surface area contributed by atoms with Crippen LogP contribution in [0, 0.1) is 56.7 Å². The topological polar surface area (TPSA) is 49.8 Å². The van der Waals surface area contributed by atoms with E-state index >= 15 is 0 Å². The lowest BCUT2D eigenvalue weighted by Gasteiger charge is -2.72. The van der Waals surface area contributed by atoms with E-state index in [1.807, 2.05) is 0 Å². The van der Waals surface area contributed by atoms with Gasteiger partial charge in [0.15, 0.2) is 0 Å². The van der Waals surface area contributed by atoms with E-state index in [9.17, 15) is 9.90 Å². The number of piperidine rings is 1. The molecule has 0 unspecified atom stereocenters. The molecule has 0 amide bonds. The highest BCUT2D eigenvalue weighted by Crippen LogP contribution is 2.77. The first-order valence-electron chi connectivity index (χ1n) is 17.5. The summed E-state index contributed by atoms with van der Waals surface area (Å²) >= 11 is 0. The number of aliphatic hydroxyl groups is 1. The average Bonchev–Trinajstić information content (AvgIpc) is 3.33. The Morgan fingerprint density at radius 2 is 1.57 bits per heavy atom. The van der Waals surface area contributed by atoms with E-state index in [4.69, 9.17) is 4.74 Å². The molecule has 0 aromatic rings. The van der Waals surface area contributed by atoms with Crippen LogP contribution in [0.4, 0.5) is 0 Å². The molecule has 0 aromatic carbocycles. The number of likely N-dealkylation sites (tertiary alicyclic amines) is 1. The zero-order chi connectivity index (χ0) is 29.4. The van der Waals surface area contributed by atoms with Crippen LogP contribution in [0.25, 0.3) is 0 Å². The van der Waals surface area contributed by atoms with Crippen molar-refractivity contribution in [2.24, 2.45) is 56.7 Å². The van der Waals surface area contributed by atoms with E-state index in [2.05, 4.69) is 53.0 Å². The molecular weight excluding hydrogens is 542 g/mol. The molecule has 0 bridgehead atoms. The number of esters is 1. The Morgan fingerprint density at radius 1 is 0.857 bits per heavy atom. The predicted octanol–water partition coefficient (Wildman–Crippen LogP) is 8.46. The van der Waals surface area contributed by atoms with Gasteiger partial charge in [0.2, 0.25) is 0 Å². The van der Waals surface area contributed by atoms with Crippen LogP contribution >= 0.6 is 12.4 Å². The number of hydrogen-bond acceptors (Lipinski definition) is 4. The van der Waals surface area contributed by atoms with Crippen molar-refractivity contribution in [1.29, 1.82) is 0 Å². The molecule has 1 N–H and O–H groups in total. The second-order valence-electron chi connectivity index (χ2n) is 17.3. The maximum atomic E-state index is 14.2. The van der Waals surface area contributed by atoms with Gasteiger partial charge in [-0.3, -0.25) is 9.69 Å². The molecule has 6 fully saturated rings. The van der Waals surface area contributed by atoms with Crippen LogP contribution in [0.1, 0.15) is 125 Å². The van der Waals surface area contributed by atoms with E-state index in [0.717, 1.165) is 58.2 Å². The molecule has 6 rings (SSSR count). The Morgan fingerprint density at radius 3 is 2.26 bits per heavy atom. The van der Waals surface area contributed by atoms with Gasteiger partial charge in [0.25, 0.3) is 0 Å². The van der Waals surface area contributed by atoms with Gasteiger partial charge in [0.05, 0.1) is 11.5 Å². The van der Waals surface area contributed by atoms with Gasteiger partial charge < -0.3 is 9.84 Å². The van der Waals surface area contributed by atoms with Gasteiger partial charge in [-0.2, -0.15) is 0 Å². The Labute approximate surface area is 263 Å². The van der Waals surface area contributed by atoms with E-state index in [-0.39, 0.29) is 51.6 Å². The minimum atomic E-state index is -0.322. The Balaban J connectivity index is 0.00000353. The molecule has 10 atom stereocenters. The van der Waals surface area contributed by atoms with Gasteiger partial charge in [-0.25, -0.2) is 0 Å². The van der Waals surface area contributed by atoms with Crippen LogP contribution < -0.4 is 0 Å². The van der Waals surface area contributed by atoms with Gasteiger partial charge in [-0.15, -0.1) is 12.4 Å². The molecule has 4 nitrogen and oxygen atoms in total. The number of allylic oxidation sites excluding steroid dienone is 1. The first kappa shape index (κ1) is 32.8. The standard InChI is InChI=1S/C37H61NO3.ClH/c1-25(2)26-13-18-37(32(40)41-24-23-38-21-9-8-10-22-38)20-19-35(6)27(31(26)37)11-12-29-34(5)16-15-30(39)33(3,4)28(34)14-17-36(29,35)7;/h26-31,39H,1,8-24H2,2-7H3;1H/t26-,27+,28-,29+,30-,31+,34-,35+,36+,37-;/m0./s1. The van der Waals surface area contributed by atoms with Gasteiger partial charge in [0, 0.05) is 6.54 Å². The van der Waals surface area contributed by atoms with Crippen molar-refractivity contribution in [2.45, 2.75) is 131 Å². The van der Waals surface area contributed by atoms with Crippen LogP contribution in [0.3, 0.4) is 0 Å².